The minimum Gasteiger partial charge on any atom is -0.368 e. The fraction of sp³-hybridized carbons (Fsp3) is 0.130. The molecular formula is C23H20N6O3S. The Morgan fingerprint density at radius 1 is 1.00 bits per heavy atom. The average Bonchev–Trinajstić information content (AvgIpc) is 3.35. The standard InChI is InChI=1S/C23H20N6O3S/c1-13-11-25-23(24)27-21(13)18-12-29(33(30,31)16-7-5-4-6-8-16)22-17(18)9-10-19(26-22)20-14(2)28-32-15(20)3/h4-12H,1-3H3,(H2,24,25,27). The van der Waals surface area contributed by atoms with E-state index in [2.05, 4.69) is 15.1 Å². The summed E-state index contributed by atoms with van der Waals surface area (Å²) < 4.78 is 33.7. The predicted molar refractivity (Wildman–Crippen MR) is 124 cm³/mol. The molecule has 1 aromatic carbocycles. The first kappa shape index (κ1) is 20.8. The molecule has 0 amide bonds. The minimum absolute atomic E-state index is 0.0997. The van der Waals surface area contributed by atoms with Gasteiger partial charge in [0, 0.05) is 23.3 Å². The van der Waals surface area contributed by atoms with E-state index in [0.29, 0.717) is 33.8 Å². The van der Waals surface area contributed by atoms with Crippen LogP contribution in [-0.4, -0.2) is 32.5 Å². The topological polar surface area (TPSA) is 130 Å². The highest BCUT2D eigenvalue weighted by atomic mass is 32.2. The Kier molecular flexibility index (Phi) is 4.75. The Hall–Kier alpha value is -4.05. The molecule has 0 saturated heterocycles. The number of nitrogen functional groups attached to an aromatic ring is 1. The van der Waals surface area contributed by atoms with Gasteiger partial charge in [-0.1, -0.05) is 23.4 Å². The Balaban J connectivity index is 1.85. The van der Waals surface area contributed by atoms with E-state index in [9.17, 15) is 8.42 Å². The molecule has 0 fully saturated rings. The number of anilines is 1. The van der Waals surface area contributed by atoms with Crippen LogP contribution in [0.2, 0.25) is 0 Å². The Bertz CT molecular complexity index is 1600. The quantitative estimate of drug-likeness (QED) is 0.427. The second kappa shape index (κ2) is 7.52. The zero-order chi connectivity index (χ0) is 23.3. The second-order valence-corrected chi connectivity index (χ2v) is 9.50. The van der Waals surface area contributed by atoms with Crippen LogP contribution in [-0.2, 0) is 10.0 Å². The van der Waals surface area contributed by atoms with Gasteiger partial charge in [-0.05, 0) is 50.6 Å². The van der Waals surface area contributed by atoms with Crippen molar-refractivity contribution in [2.24, 2.45) is 0 Å². The molecule has 0 bridgehead atoms. The van der Waals surface area contributed by atoms with Gasteiger partial charge >= 0.3 is 0 Å². The lowest BCUT2D eigenvalue weighted by molar-refractivity contribution is 0.393. The van der Waals surface area contributed by atoms with Gasteiger partial charge in [0.1, 0.15) is 5.76 Å². The van der Waals surface area contributed by atoms with Crippen LogP contribution >= 0.6 is 0 Å². The summed E-state index contributed by atoms with van der Waals surface area (Å²) in [4.78, 5) is 13.3. The van der Waals surface area contributed by atoms with Crippen LogP contribution in [0.1, 0.15) is 17.0 Å². The normalized spacial score (nSPS) is 11.8. The molecule has 0 saturated carbocycles. The van der Waals surface area contributed by atoms with Crippen LogP contribution in [0.5, 0.6) is 0 Å². The number of benzene rings is 1. The molecule has 4 heterocycles. The number of pyridine rings is 1. The van der Waals surface area contributed by atoms with Gasteiger partial charge in [0.25, 0.3) is 10.0 Å². The van der Waals surface area contributed by atoms with E-state index in [1.165, 1.54) is 10.2 Å². The number of aryl methyl sites for hydroxylation is 3. The summed E-state index contributed by atoms with van der Waals surface area (Å²) in [5.41, 5.74) is 9.95. The summed E-state index contributed by atoms with van der Waals surface area (Å²) in [6.45, 7) is 5.45. The Morgan fingerprint density at radius 2 is 1.76 bits per heavy atom. The maximum absolute atomic E-state index is 13.6. The molecule has 0 aliphatic rings. The molecule has 5 aromatic rings. The smallest absolute Gasteiger partial charge is 0.269 e. The molecule has 0 spiro atoms. The molecule has 5 rings (SSSR count). The average molecular weight is 461 g/mol. The van der Waals surface area contributed by atoms with Gasteiger partial charge < -0.3 is 10.3 Å². The molecule has 0 atom stereocenters. The first-order chi connectivity index (χ1) is 15.8. The Labute approximate surface area is 190 Å². The molecule has 166 valence electrons. The van der Waals surface area contributed by atoms with Crippen LogP contribution in [0, 0.1) is 20.8 Å². The summed E-state index contributed by atoms with van der Waals surface area (Å²) in [6.07, 6.45) is 3.14. The lowest BCUT2D eigenvalue weighted by Crippen LogP contribution is -2.12. The largest absolute Gasteiger partial charge is 0.368 e. The summed E-state index contributed by atoms with van der Waals surface area (Å²) in [5, 5.41) is 4.61. The van der Waals surface area contributed by atoms with Crippen LogP contribution in [0.3, 0.4) is 0 Å². The van der Waals surface area contributed by atoms with Crippen LogP contribution in [0.15, 0.2) is 64.3 Å². The second-order valence-electron chi connectivity index (χ2n) is 7.68. The number of nitrogens with two attached hydrogens (primary N) is 1. The van der Waals surface area contributed by atoms with E-state index in [1.54, 1.807) is 43.5 Å². The lowest BCUT2D eigenvalue weighted by Gasteiger charge is -2.08. The van der Waals surface area contributed by atoms with Crippen LogP contribution in [0.25, 0.3) is 33.5 Å². The number of hydrogen-bond acceptors (Lipinski definition) is 8. The van der Waals surface area contributed by atoms with Crippen molar-refractivity contribution in [1.29, 1.82) is 0 Å². The van der Waals surface area contributed by atoms with Gasteiger partial charge in [0.2, 0.25) is 5.95 Å². The molecule has 0 unspecified atom stereocenters. The highest BCUT2D eigenvalue weighted by molar-refractivity contribution is 7.90. The number of aromatic nitrogens is 5. The maximum Gasteiger partial charge on any atom is 0.269 e. The van der Waals surface area contributed by atoms with Gasteiger partial charge in [-0.15, -0.1) is 0 Å². The van der Waals surface area contributed by atoms with Crippen molar-refractivity contribution in [1.82, 2.24) is 24.1 Å². The van der Waals surface area contributed by atoms with E-state index in [0.717, 1.165) is 11.1 Å². The van der Waals surface area contributed by atoms with Crippen molar-refractivity contribution in [2.45, 2.75) is 25.7 Å². The van der Waals surface area contributed by atoms with Crippen molar-refractivity contribution in [3.8, 4) is 22.5 Å². The SMILES string of the molecule is Cc1cnc(N)nc1-c1cn(S(=O)(=O)c2ccccc2)c2nc(-c3c(C)noc3C)ccc12. The third-order valence-electron chi connectivity index (χ3n) is 5.46. The van der Waals surface area contributed by atoms with Crippen molar-refractivity contribution in [2.75, 3.05) is 5.73 Å². The first-order valence-electron chi connectivity index (χ1n) is 10.1. The molecule has 0 aliphatic carbocycles. The van der Waals surface area contributed by atoms with Crippen LogP contribution in [0.4, 0.5) is 5.95 Å². The van der Waals surface area contributed by atoms with Crippen molar-refractivity contribution >= 4 is 27.0 Å². The zero-order valence-corrected chi connectivity index (χ0v) is 19.0. The molecule has 0 aliphatic heterocycles. The van der Waals surface area contributed by atoms with Gasteiger partial charge in [0.05, 0.1) is 27.5 Å². The summed E-state index contributed by atoms with van der Waals surface area (Å²) in [6, 6.07) is 11.9. The van der Waals surface area contributed by atoms with Crippen molar-refractivity contribution in [3.63, 3.8) is 0 Å². The predicted octanol–water partition coefficient (Wildman–Crippen LogP) is 3.89. The van der Waals surface area contributed by atoms with E-state index >= 15 is 0 Å². The van der Waals surface area contributed by atoms with Crippen LogP contribution < -0.4 is 5.73 Å². The third kappa shape index (κ3) is 3.35. The number of hydrogen-bond donors (Lipinski definition) is 1. The molecule has 33 heavy (non-hydrogen) atoms. The Morgan fingerprint density at radius 3 is 2.45 bits per heavy atom. The molecule has 2 N–H and O–H groups in total. The molecular weight excluding hydrogens is 440 g/mol. The highest BCUT2D eigenvalue weighted by Crippen LogP contribution is 2.35. The van der Waals surface area contributed by atoms with E-state index in [-0.39, 0.29) is 16.5 Å². The number of nitrogens with zero attached hydrogens (tertiary/aromatic N) is 5. The van der Waals surface area contributed by atoms with Crippen molar-refractivity contribution in [3.05, 3.63) is 71.9 Å². The van der Waals surface area contributed by atoms with E-state index < -0.39 is 10.0 Å². The van der Waals surface area contributed by atoms with Gasteiger partial charge in [-0.25, -0.2) is 27.3 Å². The number of rotatable bonds is 4. The fourth-order valence-corrected chi connectivity index (χ4v) is 5.21. The fourth-order valence-electron chi connectivity index (χ4n) is 3.87. The first-order valence-corrected chi connectivity index (χ1v) is 11.6. The zero-order valence-electron chi connectivity index (χ0n) is 18.1. The monoisotopic (exact) mass is 460 g/mol. The highest BCUT2D eigenvalue weighted by Gasteiger charge is 2.25. The van der Waals surface area contributed by atoms with Gasteiger partial charge in [0.15, 0.2) is 5.65 Å². The third-order valence-corrected chi connectivity index (χ3v) is 7.12. The van der Waals surface area contributed by atoms with E-state index in [1.807, 2.05) is 26.0 Å². The molecule has 10 heteroatoms. The maximum atomic E-state index is 13.6. The summed E-state index contributed by atoms with van der Waals surface area (Å²) >= 11 is 0. The van der Waals surface area contributed by atoms with E-state index in [4.69, 9.17) is 15.2 Å². The minimum atomic E-state index is -3.94. The number of fused-ring (bicyclic) bond motifs is 1. The van der Waals surface area contributed by atoms with Crippen molar-refractivity contribution < 1.29 is 12.9 Å². The molecule has 9 nitrogen and oxygen atoms in total. The summed E-state index contributed by atoms with van der Waals surface area (Å²) in [5.74, 6) is 0.700. The molecule has 0 radical (unpaired) electrons. The summed E-state index contributed by atoms with van der Waals surface area (Å²) in [7, 11) is -3.94. The van der Waals surface area contributed by atoms with Gasteiger partial charge in [-0.2, -0.15) is 0 Å². The van der Waals surface area contributed by atoms with Gasteiger partial charge in [-0.3, -0.25) is 0 Å². The lowest BCUT2D eigenvalue weighted by atomic mass is 10.1. The molecule has 4 aromatic heterocycles.